The molecule has 2 N–H and O–H groups in total. The van der Waals surface area contributed by atoms with Gasteiger partial charge in [0.15, 0.2) is 15.6 Å². The van der Waals surface area contributed by atoms with Gasteiger partial charge in [0, 0.05) is 5.56 Å². The molecule has 0 aliphatic carbocycles. The van der Waals surface area contributed by atoms with Crippen molar-refractivity contribution in [2.24, 2.45) is 5.73 Å². The highest BCUT2D eigenvalue weighted by Crippen LogP contribution is 2.13. The Hall–Kier alpha value is -1.89. The molecule has 0 aromatic heterocycles. The third kappa shape index (κ3) is 5.09. The Kier molecular flexibility index (Phi) is 5.05. The number of Topliss-reactive ketones (excluding diaryl/α,β-unsaturated/α-hetero) is 1. The van der Waals surface area contributed by atoms with Crippen molar-refractivity contribution in [3.05, 3.63) is 29.8 Å². The van der Waals surface area contributed by atoms with E-state index in [0.29, 0.717) is 12.4 Å². The standard InChI is InChI=1S/C12H15NO5S/c1-2-18-10-5-3-9(4-6-10)11(14)7-19(16,17)8-12(13)15/h3-6H,2,7-8H2,1H3,(H2,13,15). The summed E-state index contributed by atoms with van der Waals surface area (Å²) in [6, 6.07) is 6.12. The minimum absolute atomic E-state index is 0.247. The molecule has 104 valence electrons. The van der Waals surface area contributed by atoms with Crippen LogP contribution in [0.5, 0.6) is 5.75 Å². The number of amides is 1. The van der Waals surface area contributed by atoms with E-state index in [1.54, 1.807) is 12.1 Å². The highest BCUT2D eigenvalue weighted by molar-refractivity contribution is 7.92. The highest BCUT2D eigenvalue weighted by atomic mass is 32.2. The molecule has 0 atom stereocenters. The van der Waals surface area contributed by atoms with Crippen LogP contribution in [0.4, 0.5) is 0 Å². The van der Waals surface area contributed by atoms with Crippen molar-refractivity contribution in [2.45, 2.75) is 6.92 Å². The van der Waals surface area contributed by atoms with Gasteiger partial charge in [0.2, 0.25) is 5.91 Å². The first-order valence-electron chi connectivity index (χ1n) is 5.59. The number of hydrogen-bond acceptors (Lipinski definition) is 5. The van der Waals surface area contributed by atoms with E-state index in [9.17, 15) is 18.0 Å². The van der Waals surface area contributed by atoms with Crippen molar-refractivity contribution >= 4 is 21.5 Å². The number of rotatable bonds is 7. The minimum Gasteiger partial charge on any atom is -0.494 e. The molecular formula is C12H15NO5S. The van der Waals surface area contributed by atoms with Gasteiger partial charge in [-0.1, -0.05) is 0 Å². The number of hydrogen-bond donors (Lipinski definition) is 1. The van der Waals surface area contributed by atoms with Gasteiger partial charge >= 0.3 is 0 Å². The number of carbonyl (C=O) groups is 2. The van der Waals surface area contributed by atoms with E-state index in [-0.39, 0.29) is 5.56 Å². The maximum atomic E-state index is 11.7. The van der Waals surface area contributed by atoms with Crippen molar-refractivity contribution < 1.29 is 22.7 Å². The van der Waals surface area contributed by atoms with Crippen LogP contribution in [0.2, 0.25) is 0 Å². The Bertz CT molecular complexity index is 562. The van der Waals surface area contributed by atoms with Crippen molar-refractivity contribution in [3.63, 3.8) is 0 Å². The quantitative estimate of drug-likeness (QED) is 0.719. The predicted octanol–water partition coefficient (Wildman–Crippen LogP) is 0.168. The molecule has 1 rings (SSSR count). The fourth-order valence-electron chi connectivity index (χ4n) is 1.45. The van der Waals surface area contributed by atoms with Crippen molar-refractivity contribution in [1.29, 1.82) is 0 Å². The zero-order valence-corrected chi connectivity index (χ0v) is 11.3. The molecule has 0 aliphatic heterocycles. The second-order valence-electron chi connectivity index (χ2n) is 3.88. The zero-order chi connectivity index (χ0) is 14.5. The van der Waals surface area contributed by atoms with Crippen LogP contribution in [-0.2, 0) is 14.6 Å². The fourth-order valence-corrected chi connectivity index (χ4v) is 2.56. The van der Waals surface area contributed by atoms with Gasteiger partial charge in [-0.15, -0.1) is 0 Å². The molecule has 0 bridgehead atoms. The summed E-state index contributed by atoms with van der Waals surface area (Å²) in [5.74, 6) is -2.51. The Morgan fingerprint density at radius 1 is 1.16 bits per heavy atom. The van der Waals surface area contributed by atoms with Crippen LogP contribution in [0.3, 0.4) is 0 Å². The molecule has 7 heteroatoms. The lowest BCUT2D eigenvalue weighted by Crippen LogP contribution is -2.27. The van der Waals surface area contributed by atoms with Gasteiger partial charge in [-0.05, 0) is 31.2 Å². The zero-order valence-electron chi connectivity index (χ0n) is 10.5. The molecule has 0 saturated carbocycles. The highest BCUT2D eigenvalue weighted by Gasteiger charge is 2.20. The number of sulfone groups is 1. The Morgan fingerprint density at radius 2 is 1.74 bits per heavy atom. The van der Waals surface area contributed by atoms with Crippen molar-refractivity contribution in [1.82, 2.24) is 0 Å². The van der Waals surface area contributed by atoms with Crippen LogP contribution >= 0.6 is 0 Å². The van der Waals surface area contributed by atoms with Gasteiger partial charge in [-0.25, -0.2) is 8.42 Å². The number of primary amides is 1. The summed E-state index contributed by atoms with van der Waals surface area (Å²) in [6.45, 7) is 2.33. The molecular weight excluding hydrogens is 270 g/mol. The normalized spacial score (nSPS) is 11.0. The monoisotopic (exact) mass is 285 g/mol. The Morgan fingerprint density at radius 3 is 2.21 bits per heavy atom. The Balaban J connectivity index is 2.75. The first-order chi connectivity index (χ1) is 8.84. The maximum absolute atomic E-state index is 11.7. The van der Waals surface area contributed by atoms with Crippen LogP contribution in [0.1, 0.15) is 17.3 Å². The number of ketones is 1. The van der Waals surface area contributed by atoms with Gasteiger partial charge in [0.1, 0.15) is 17.3 Å². The summed E-state index contributed by atoms with van der Waals surface area (Å²) >= 11 is 0. The van der Waals surface area contributed by atoms with Crippen LogP contribution in [0.25, 0.3) is 0 Å². The molecule has 1 aromatic carbocycles. The summed E-state index contributed by atoms with van der Waals surface area (Å²) in [5.41, 5.74) is 5.05. The molecule has 1 amide bonds. The van der Waals surface area contributed by atoms with Gasteiger partial charge < -0.3 is 10.5 Å². The lowest BCUT2D eigenvalue weighted by Gasteiger charge is -2.05. The van der Waals surface area contributed by atoms with Crippen LogP contribution in [-0.4, -0.2) is 38.2 Å². The molecule has 0 radical (unpaired) electrons. The van der Waals surface area contributed by atoms with E-state index in [1.807, 2.05) is 6.92 Å². The second kappa shape index (κ2) is 6.33. The molecule has 0 fully saturated rings. The van der Waals surface area contributed by atoms with E-state index in [2.05, 4.69) is 0 Å². The van der Waals surface area contributed by atoms with E-state index in [4.69, 9.17) is 10.5 Å². The van der Waals surface area contributed by atoms with Crippen LogP contribution in [0.15, 0.2) is 24.3 Å². The number of ether oxygens (including phenoxy) is 1. The minimum atomic E-state index is -3.80. The van der Waals surface area contributed by atoms with E-state index in [0.717, 1.165) is 0 Å². The lowest BCUT2D eigenvalue weighted by molar-refractivity contribution is -0.115. The summed E-state index contributed by atoms with van der Waals surface area (Å²) in [7, 11) is -3.80. The number of benzene rings is 1. The van der Waals surface area contributed by atoms with Crippen LogP contribution in [0, 0.1) is 0 Å². The third-order valence-electron chi connectivity index (χ3n) is 2.20. The summed E-state index contributed by atoms with van der Waals surface area (Å²) in [4.78, 5) is 22.3. The van der Waals surface area contributed by atoms with Crippen LogP contribution < -0.4 is 10.5 Å². The van der Waals surface area contributed by atoms with E-state index < -0.39 is 33.0 Å². The average Bonchev–Trinajstić information content (AvgIpc) is 2.27. The maximum Gasteiger partial charge on any atom is 0.232 e. The second-order valence-corrected chi connectivity index (χ2v) is 5.94. The topological polar surface area (TPSA) is 104 Å². The van der Waals surface area contributed by atoms with E-state index >= 15 is 0 Å². The number of carbonyl (C=O) groups excluding carboxylic acids is 2. The molecule has 0 heterocycles. The van der Waals surface area contributed by atoms with E-state index in [1.165, 1.54) is 12.1 Å². The summed E-state index contributed by atoms with van der Waals surface area (Å²) < 4.78 is 28.1. The molecule has 1 aromatic rings. The summed E-state index contributed by atoms with van der Waals surface area (Å²) in [6.07, 6.45) is 0. The molecule has 0 aliphatic rings. The Labute approximate surface area is 111 Å². The van der Waals surface area contributed by atoms with Gasteiger partial charge in [0.25, 0.3) is 0 Å². The third-order valence-corrected chi connectivity index (χ3v) is 3.63. The molecule has 6 nitrogen and oxygen atoms in total. The molecule has 0 unspecified atom stereocenters. The fraction of sp³-hybridized carbons (Fsp3) is 0.333. The van der Waals surface area contributed by atoms with Crippen molar-refractivity contribution in [3.8, 4) is 5.75 Å². The van der Waals surface area contributed by atoms with Gasteiger partial charge in [-0.3, -0.25) is 9.59 Å². The first kappa shape index (κ1) is 15.2. The SMILES string of the molecule is CCOc1ccc(C(=O)CS(=O)(=O)CC(N)=O)cc1. The lowest BCUT2D eigenvalue weighted by atomic mass is 10.1. The molecule has 0 saturated heterocycles. The predicted molar refractivity (Wildman–Crippen MR) is 69.8 cm³/mol. The molecule has 19 heavy (non-hydrogen) atoms. The van der Waals surface area contributed by atoms with Gasteiger partial charge in [0.05, 0.1) is 6.61 Å². The molecule has 0 spiro atoms. The smallest absolute Gasteiger partial charge is 0.232 e. The first-order valence-corrected chi connectivity index (χ1v) is 7.41. The van der Waals surface area contributed by atoms with Crippen molar-refractivity contribution in [2.75, 3.05) is 18.1 Å². The number of nitrogens with two attached hydrogens (primary N) is 1. The summed E-state index contributed by atoms with van der Waals surface area (Å²) in [5, 5.41) is 0. The van der Waals surface area contributed by atoms with Gasteiger partial charge in [-0.2, -0.15) is 0 Å². The largest absolute Gasteiger partial charge is 0.494 e. The average molecular weight is 285 g/mol.